The Balaban J connectivity index is 1.62. The van der Waals surface area contributed by atoms with Crippen LogP contribution in [0.25, 0.3) is 11.1 Å². The van der Waals surface area contributed by atoms with Crippen LogP contribution in [-0.2, 0) is 30.2 Å². The zero-order valence-corrected chi connectivity index (χ0v) is 22.4. The molecule has 188 valence electrons. The second-order valence-corrected chi connectivity index (χ2v) is 15.3. The van der Waals surface area contributed by atoms with Gasteiger partial charge in [0.05, 0.1) is 0 Å². The van der Waals surface area contributed by atoms with E-state index < -0.39 is 7.14 Å². The highest BCUT2D eigenvalue weighted by molar-refractivity contribution is 7.73. The van der Waals surface area contributed by atoms with E-state index in [1.54, 1.807) is 0 Å². The van der Waals surface area contributed by atoms with E-state index in [9.17, 15) is 5.11 Å². The Labute approximate surface area is 212 Å². The van der Waals surface area contributed by atoms with Crippen LogP contribution in [-0.4, -0.2) is 16.4 Å². The number of fused-ring (bicyclic) bond motifs is 2. The molecule has 0 aliphatic heterocycles. The first-order valence-electron chi connectivity index (χ1n) is 14.8. The largest absolute Gasteiger partial charge is 0.507 e. The number of aromatic hydroxyl groups is 1. The molecule has 0 atom stereocenters. The van der Waals surface area contributed by atoms with Crippen molar-refractivity contribution in [2.24, 2.45) is 0 Å². The molecule has 3 heteroatoms. The van der Waals surface area contributed by atoms with Gasteiger partial charge in [-0.1, -0.05) is 56.7 Å². The monoisotopic (exact) mass is 490 g/mol. The molecular weight excluding hydrogens is 447 g/mol. The van der Waals surface area contributed by atoms with E-state index in [0.29, 0.717) is 17.1 Å². The van der Waals surface area contributed by atoms with Crippen LogP contribution in [0.4, 0.5) is 0 Å². The third-order valence-electron chi connectivity index (χ3n) is 9.88. The molecule has 2 aromatic rings. The van der Waals surface area contributed by atoms with Crippen molar-refractivity contribution in [3.63, 3.8) is 0 Å². The molecule has 2 nitrogen and oxygen atoms in total. The quantitative estimate of drug-likeness (QED) is 0.436. The molecule has 35 heavy (non-hydrogen) atoms. The van der Waals surface area contributed by atoms with E-state index >= 15 is 4.57 Å². The zero-order valence-electron chi connectivity index (χ0n) is 21.5. The van der Waals surface area contributed by atoms with Gasteiger partial charge in [-0.25, -0.2) is 0 Å². The Morgan fingerprint density at radius 1 is 0.571 bits per heavy atom. The molecule has 0 unspecified atom stereocenters. The SMILES string of the molecule is O=P(c1ccc2c(c1-c1c(O)ccc3c1CCCC3)CCCC2)(C1CCCCC1)C1CCCCC1. The lowest BCUT2D eigenvalue weighted by molar-refractivity contribution is 0.452. The Kier molecular flexibility index (Phi) is 6.87. The first-order chi connectivity index (χ1) is 17.2. The number of phenolic OH excluding ortho intramolecular Hbond substituents is 1. The molecular formula is C32H43O2P. The molecule has 0 amide bonds. The third-order valence-corrected chi connectivity index (χ3v) is 14.2. The Hall–Kier alpha value is -1.53. The summed E-state index contributed by atoms with van der Waals surface area (Å²) in [6.45, 7) is 0. The van der Waals surface area contributed by atoms with Crippen LogP contribution in [0.2, 0.25) is 0 Å². The van der Waals surface area contributed by atoms with Crippen LogP contribution in [0.15, 0.2) is 24.3 Å². The average molecular weight is 491 g/mol. The van der Waals surface area contributed by atoms with Gasteiger partial charge in [-0.3, -0.25) is 0 Å². The molecule has 2 aromatic carbocycles. The summed E-state index contributed by atoms with van der Waals surface area (Å²) in [6, 6.07) is 8.76. The van der Waals surface area contributed by atoms with Gasteiger partial charge in [0.15, 0.2) is 0 Å². The number of hydrogen-bond donors (Lipinski definition) is 1. The fourth-order valence-electron chi connectivity index (χ4n) is 8.10. The molecule has 4 aliphatic rings. The second kappa shape index (κ2) is 10.1. The lowest BCUT2D eigenvalue weighted by Crippen LogP contribution is -2.31. The number of benzene rings is 2. The Morgan fingerprint density at radius 3 is 1.63 bits per heavy atom. The summed E-state index contributed by atoms with van der Waals surface area (Å²) in [6.07, 6.45) is 21.2. The molecule has 1 N–H and O–H groups in total. The standard InChI is InChI=1S/C32H43O2P/c33-29-21-19-23-11-7-9-17-27(23)31(29)32-28-18-10-8-12-24(28)20-22-30(32)35(34,25-13-3-1-4-14-25)26-15-5-2-6-16-26/h19-22,25-26,33H,1-18H2. The van der Waals surface area contributed by atoms with Crippen molar-refractivity contribution in [2.75, 3.05) is 0 Å². The van der Waals surface area contributed by atoms with Crippen molar-refractivity contribution in [2.45, 2.75) is 127 Å². The Bertz CT molecular complexity index is 1100. The number of hydrogen-bond acceptors (Lipinski definition) is 2. The number of aryl methyl sites for hydroxylation is 2. The van der Waals surface area contributed by atoms with E-state index in [1.807, 2.05) is 6.07 Å². The molecule has 0 heterocycles. The van der Waals surface area contributed by atoms with Crippen molar-refractivity contribution in [1.82, 2.24) is 0 Å². The Morgan fingerprint density at radius 2 is 1.06 bits per heavy atom. The van der Waals surface area contributed by atoms with Crippen molar-refractivity contribution in [3.8, 4) is 16.9 Å². The second-order valence-electron chi connectivity index (χ2n) is 11.9. The summed E-state index contributed by atoms with van der Waals surface area (Å²) in [4.78, 5) is 0. The molecule has 4 aliphatic carbocycles. The third kappa shape index (κ3) is 4.22. The summed E-state index contributed by atoms with van der Waals surface area (Å²) in [5.41, 5.74) is 8.61. The molecule has 2 fully saturated rings. The minimum Gasteiger partial charge on any atom is -0.507 e. The van der Waals surface area contributed by atoms with Crippen LogP contribution in [0, 0.1) is 0 Å². The van der Waals surface area contributed by atoms with Gasteiger partial charge in [0.25, 0.3) is 0 Å². The van der Waals surface area contributed by atoms with Gasteiger partial charge >= 0.3 is 0 Å². The minimum absolute atomic E-state index is 0.335. The highest BCUT2D eigenvalue weighted by Gasteiger charge is 2.45. The molecule has 0 bridgehead atoms. The molecule has 0 saturated heterocycles. The molecule has 6 rings (SSSR count). The van der Waals surface area contributed by atoms with Gasteiger partial charge < -0.3 is 9.67 Å². The zero-order chi connectivity index (χ0) is 23.8. The van der Waals surface area contributed by atoms with Crippen LogP contribution in [0.1, 0.15) is 112 Å². The average Bonchev–Trinajstić information content (AvgIpc) is 2.93. The van der Waals surface area contributed by atoms with Gasteiger partial charge in [-0.2, -0.15) is 0 Å². The summed E-state index contributed by atoms with van der Waals surface area (Å²) >= 11 is 0. The van der Waals surface area contributed by atoms with E-state index in [-0.39, 0.29) is 0 Å². The molecule has 2 saturated carbocycles. The van der Waals surface area contributed by atoms with Gasteiger partial charge in [-0.15, -0.1) is 0 Å². The first-order valence-corrected chi connectivity index (χ1v) is 16.6. The fraction of sp³-hybridized carbons (Fsp3) is 0.625. The predicted octanol–water partition coefficient (Wildman–Crippen LogP) is 8.47. The van der Waals surface area contributed by atoms with Crippen LogP contribution in [0.5, 0.6) is 5.75 Å². The van der Waals surface area contributed by atoms with Crippen LogP contribution >= 0.6 is 7.14 Å². The summed E-state index contributed by atoms with van der Waals surface area (Å²) in [5, 5.41) is 12.6. The summed E-state index contributed by atoms with van der Waals surface area (Å²) in [7, 11) is -2.64. The van der Waals surface area contributed by atoms with Gasteiger partial charge in [0.1, 0.15) is 12.9 Å². The van der Waals surface area contributed by atoms with E-state index in [0.717, 1.165) is 56.9 Å². The summed E-state index contributed by atoms with van der Waals surface area (Å²) in [5.74, 6) is 0.421. The smallest absolute Gasteiger partial charge is 0.123 e. The maximum absolute atomic E-state index is 15.8. The maximum Gasteiger partial charge on any atom is 0.123 e. The van der Waals surface area contributed by atoms with E-state index in [4.69, 9.17) is 0 Å². The topological polar surface area (TPSA) is 37.3 Å². The highest BCUT2D eigenvalue weighted by atomic mass is 31.2. The maximum atomic E-state index is 15.8. The van der Waals surface area contributed by atoms with Crippen molar-refractivity contribution >= 4 is 12.4 Å². The predicted molar refractivity (Wildman–Crippen MR) is 148 cm³/mol. The van der Waals surface area contributed by atoms with Gasteiger partial charge in [0.2, 0.25) is 0 Å². The van der Waals surface area contributed by atoms with Gasteiger partial charge in [0, 0.05) is 22.2 Å². The fourth-order valence-corrected chi connectivity index (χ4v) is 12.7. The van der Waals surface area contributed by atoms with Crippen LogP contribution < -0.4 is 5.30 Å². The van der Waals surface area contributed by atoms with Gasteiger partial charge in [-0.05, 0) is 111 Å². The van der Waals surface area contributed by atoms with Crippen molar-refractivity contribution < 1.29 is 9.67 Å². The first kappa shape index (κ1) is 23.8. The molecule has 0 aromatic heterocycles. The number of phenols is 1. The minimum atomic E-state index is -2.64. The normalized spacial score (nSPS) is 21.9. The van der Waals surface area contributed by atoms with Crippen LogP contribution in [0.3, 0.4) is 0 Å². The molecule has 0 radical (unpaired) electrons. The van der Waals surface area contributed by atoms with Crippen molar-refractivity contribution in [1.29, 1.82) is 0 Å². The van der Waals surface area contributed by atoms with E-state index in [1.165, 1.54) is 97.3 Å². The summed E-state index contributed by atoms with van der Waals surface area (Å²) < 4.78 is 15.8. The number of rotatable bonds is 4. The molecule has 0 spiro atoms. The van der Waals surface area contributed by atoms with E-state index in [2.05, 4.69) is 18.2 Å². The lowest BCUT2D eigenvalue weighted by atomic mass is 9.80. The van der Waals surface area contributed by atoms with Crippen molar-refractivity contribution in [3.05, 3.63) is 46.5 Å². The lowest BCUT2D eigenvalue weighted by Gasteiger charge is -2.40. The highest BCUT2D eigenvalue weighted by Crippen LogP contribution is 2.63.